The van der Waals surface area contributed by atoms with Crippen molar-refractivity contribution in [3.63, 3.8) is 0 Å². The van der Waals surface area contributed by atoms with E-state index >= 15 is 0 Å². The summed E-state index contributed by atoms with van der Waals surface area (Å²) in [5.41, 5.74) is 1.42. The van der Waals surface area contributed by atoms with Gasteiger partial charge in [0.2, 0.25) is 5.15 Å². The van der Waals surface area contributed by atoms with E-state index < -0.39 is 16.5 Å². The smallest absolute Gasteiger partial charge is 0.319 e. The zero-order chi connectivity index (χ0) is 15.4. The predicted octanol–water partition coefficient (Wildman–Crippen LogP) is 2.88. The molecule has 0 aliphatic carbocycles. The van der Waals surface area contributed by atoms with E-state index in [1.807, 2.05) is 31.2 Å². The van der Waals surface area contributed by atoms with Crippen molar-refractivity contribution in [1.82, 2.24) is 10.3 Å². The minimum Gasteiger partial charge on any atom is -0.348 e. The van der Waals surface area contributed by atoms with Gasteiger partial charge in [0.1, 0.15) is 5.56 Å². The van der Waals surface area contributed by atoms with Crippen LogP contribution in [0.1, 0.15) is 21.5 Å². The highest BCUT2D eigenvalue weighted by molar-refractivity contribution is 6.32. The number of rotatable bonds is 4. The number of hydrogen-bond donors (Lipinski definition) is 1. The number of aromatic nitrogens is 1. The fraction of sp³-hybridized carbons (Fsp3) is 0.143. The van der Waals surface area contributed by atoms with Crippen molar-refractivity contribution < 1.29 is 9.72 Å². The Bertz CT molecular complexity index is 686. The van der Waals surface area contributed by atoms with Crippen LogP contribution in [0.2, 0.25) is 5.15 Å². The number of pyridine rings is 1. The third-order valence-corrected chi connectivity index (χ3v) is 3.16. The van der Waals surface area contributed by atoms with Crippen molar-refractivity contribution in [3.8, 4) is 0 Å². The molecular weight excluding hydrogens is 294 g/mol. The summed E-state index contributed by atoms with van der Waals surface area (Å²) in [4.78, 5) is 25.9. The highest BCUT2D eigenvalue weighted by atomic mass is 35.5. The lowest BCUT2D eigenvalue weighted by Crippen LogP contribution is -2.23. The number of amides is 1. The number of hydrogen-bond acceptors (Lipinski definition) is 4. The Morgan fingerprint density at radius 1 is 1.33 bits per heavy atom. The van der Waals surface area contributed by atoms with Crippen molar-refractivity contribution in [2.24, 2.45) is 0 Å². The van der Waals surface area contributed by atoms with Gasteiger partial charge >= 0.3 is 5.69 Å². The van der Waals surface area contributed by atoms with Crippen molar-refractivity contribution in [2.45, 2.75) is 13.5 Å². The molecule has 0 saturated heterocycles. The normalized spacial score (nSPS) is 10.2. The lowest BCUT2D eigenvalue weighted by atomic mass is 10.1. The van der Waals surface area contributed by atoms with Crippen LogP contribution in [-0.2, 0) is 6.54 Å². The van der Waals surface area contributed by atoms with E-state index in [1.165, 1.54) is 12.3 Å². The first-order valence-corrected chi connectivity index (χ1v) is 6.49. The summed E-state index contributed by atoms with van der Waals surface area (Å²) in [5.74, 6) is -0.563. The zero-order valence-electron chi connectivity index (χ0n) is 11.2. The number of nitrogens with one attached hydrogen (secondary N) is 1. The molecule has 1 heterocycles. The largest absolute Gasteiger partial charge is 0.348 e. The number of nitro groups is 1. The SMILES string of the molecule is Cc1ccc(CNC(=O)c2ccnc(Cl)c2[N+](=O)[O-])cc1. The van der Waals surface area contributed by atoms with E-state index in [9.17, 15) is 14.9 Å². The maximum absolute atomic E-state index is 12.1. The Labute approximate surface area is 125 Å². The molecule has 0 aliphatic heterocycles. The fourth-order valence-electron chi connectivity index (χ4n) is 1.77. The maximum atomic E-state index is 12.1. The van der Waals surface area contributed by atoms with Gasteiger partial charge in [-0.05, 0) is 18.6 Å². The highest BCUT2D eigenvalue weighted by Crippen LogP contribution is 2.25. The monoisotopic (exact) mass is 305 g/mol. The van der Waals surface area contributed by atoms with Crippen LogP contribution in [-0.4, -0.2) is 15.8 Å². The van der Waals surface area contributed by atoms with Gasteiger partial charge in [-0.2, -0.15) is 0 Å². The van der Waals surface area contributed by atoms with Crippen molar-refractivity contribution in [2.75, 3.05) is 0 Å². The van der Waals surface area contributed by atoms with Crippen molar-refractivity contribution in [1.29, 1.82) is 0 Å². The molecule has 0 saturated carbocycles. The molecule has 2 aromatic rings. The standard InChI is InChI=1S/C14H12ClN3O3/c1-9-2-4-10(5-3-9)8-17-14(19)11-6-7-16-13(15)12(11)18(20)21/h2-7H,8H2,1H3,(H,17,19). The molecular formula is C14H12ClN3O3. The summed E-state index contributed by atoms with van der Waals surface area (Å²) >= 11 is 5.67. The molecule has 1 N–H and O–H groups in total. The molecule has 0 spiro atoms. The van der Waals surface area contributed by atoms with Gasteiger partial charge in [-0.3, -0.25) is 14.9 Å². The highest BCUT2D eigenvalue weighted by Gasteiger charge is 2.24. The number of halogens is 1. The van der Waals surface area contributed by atoms with Gasteiger partial charge < -0.3 is 5.32 Å². The van der Waals surface area contributed by atoms with Crippen LogP contribution in [0.15, 0.2) is 36.5 Å². The second kappa shape index (κ2) is 6.32. The molecule has 0 unspecified atom stereocenters. The summed E-state index contributed by atoms with van der Waals surface area (Å²) in [6.45, 7) is 2.24. The Balaban J connectivity index is 2.16. The number of carbonyl (C=O) groups excluding carboxylic acids is 1. The lowest BCUT2D eigenvalue weighted by Gasteiger charge is -2.06. The van der Waals surface area contributed by atoms with E-state index in [0.29, 0.717) is 0 Å². The zero-order valence-corrected chi connectivity index (χ0v) is 11.9. The molecule has 1 amide bonds. The fourth-order valence-corrected chi connectivity index (χ4v) is 2.00. The molecule has 2 rings (SSSR count). The van der Waals surface area contributed by atoms with Crippen LogP contribution in [0, 0.1) is 17.0 Å². The average Bonchev–Trinajstić information content (AvgIpc) is 2.45. The third kappa shape index (κ3) is 3.55. The van der Waals surface area contributed by atoms with Crippen molar-refractivity contribution >= 4 is 23.2 Å². The first-order chi connectivity index (χ1) is 9.99. The Morgan fingerprint density at radius 2 is 2.00 bits per heavy atom. The molecule has 6 nitrogen and oxygen atoms in total. The molecule has 21 heavy (non-hydrogen) atoms. The molecule has 0 aliphatic rings. The molecule has 1 aromatic carbocycles. The summed E-state index contributed by atoms with van der Waals surface area (Å²) in [7, 11) is 0. The Morgan fingerprint density at radius 3 is 2.62 bits per heavy atom. The van der Waals surface area contributed by atoms with Crippen LogP contribution in [0.3, 0.4) is 0 Å². The first-order valence-electron chi connectivity index (χ1n) is 6.11. The topological polar surface area (TPSA) is 85.1 Å². The van der Waals surface area contributed by atoms with Crippen LogP contribution in [0.5, 0.6) is 0 Å². The van der Waals surface area contributed by atoms with E-state index in [1.54, 1.807) is 0 Å². The van der Waals surface area contributed by atoms with Gasteiger partial charge in [0.05, 0.1) is 4.92 Å². The second-order valence-electron chi connectivity index (χ2n) is 4.42. The van der Waals surface area contributed by atoms with E-state index in [4.69, 9.17) is 11.6 Å². The Kier molecular flexibility index (Phi) is 4.49. The Hall–Kier alpha value is -2.47. The number of benzene rings is 1. The van der Waals surface area contributed by atoms with Crippen LogP contribution < -0.4 is 5.32 Å². The first kappa shape index (κ1) is 14.9. The minimum absolute atomic E-state index is 0.105. The number of nitrogens with zero attached hydrogens (tertiary/aromatic N) is 2. The second-order valence-corrected chi connectivity index (χ2v) is 4.78. The quantitative estimate of drug-likeness (QED) is 0.534. The van der Waals surface area contributed by atoms with Crippen molar-refractivity contribution in [3.05, 3.63) is 68.5 Å². The summed E-state index contributed by atoms with van der Waals surface area (Å²) in [6.07, 6.45) is 1.26. The third-order valence-electron chi connectivity index (χ3n) is 2.88. The van der Waals surface area contributed by atoms with Gasteiger partial charge in [-0.25, -0.2) is 4.98 Å². The number of carbonyl (C=O) groups is 1. The van der Waals surface area contributed by atoms with Gasteiger partial charge in [-0.1, -0.05) is 41.4 Å². The van der Waals surface area contributed by atoms with E-state index in [-0.39, 0.29) is 17.3 Å². The van der Waals surface area contributed by atoms with E-state index in [0.717, 1.165) is 11.1 Å². The summed E-state index contributed by atoms with van der Waals surface area (Å²) in [6, 6.07) is 8.88. The molecule has 108 valence electrons. The van der Waals surface area contributed by atoms with Gasteiger partial charge in [0.15, 0.2) is 0 Å². The molecule has 0 bridgehead atoms. The summed E-state index contributed by atoms with van der Waals surface area (Å²) < 4.78 is 0. The lowest BCUT2D eigenvalue weighted by molar-refractivity contribution is -0.385. The average molecular weight is 306 g/mol. The summed E-state index contributed by atoms with van der Waals surface area (Å²) in [5, 5.41) is 13.3. The number of aryl methyl sites for hydroxylation is 1. The van der Waals surface area contributed by atoms with Crippen LogP contribution in [0.25, 0.3) is 0 Å². The maximum Gasteiger partial charge on any atom is 0.319 e. The molecule has 0 fully saturated rings. The van der Waals surface area contributed by atoms with Crippen LogP contribution >= 0.6 is 11.6 Å². The predicted molar refractivity (Wildman–Crippen MR) is 78.3 cm³/mol. The molecule has 0 radical (unpaired) electrons. The minimum atomic E-state index is -0.712. The molecule has 0 atom stereocenters. The molecule has 7 heteroatoms. The van der Waals surface area contributed by atoms with E-state index in [2.05, 4.69) is 10.3 Å². The molecule has 1 aromatic heterocycles. The van der Waals surface area contributed by atoms with Gasteiger partial charge in [0.25, 0.3) is 5.91 Å². The van der Waals surface area contributed by atoms with Gasteiger partial charge in [0, 0.05) is 12.7 Å². The van der Waals surface area contributed by atoms with Gasteiger partial charge in [-0.15, -0.1) is 0 Å². The van der Waals surface area contributed by atoms with Crippen LogP contribution in [0.4, 0.5) is 5.69 Å².